The fourth-order valence-corrected chi connectivity index (χ4v) is 1.94. The molecule has 1 aromatic carbocycles. The van der Waals surface area contributed by atoms with Gasteiger partial charge in [0.05, 0.1) is 0 Å². The molecule has 1 aliphatic rings. The van der Waals surface area contributed by atoms with Crippen molar-refractivity contribution in [1.29, 1.82) is 0 Å². The van der Waals surface area contributed by atoms with Gasteiger partial charge in [0.25, 0.3) is 0 Å². The van der Waals surface area contributed by atoms with E-state index in [2.05, 4.69) is 25.1 Å². The minimum atomic E-state index is 0.391. The predicted molar refractivity (Wildman–Crippen MR) is 52.8 cm³/mol. The minimum Gasteiger partial charge on any atom is -0.299 e. The first kappa shape index (κ1) is 8.49. The average Bonchev–Trinajstić information content (AvgIpc) is 2.25. The van der Waals surface area contributed by atoms with Crippen molar-refractivity contribution in [3.63, 3.8) is 0 Å². The average molecular weight is 174 g/mol. The maximum atomic E-state index is 11.3. The maximum absolute atomic E-state index is 11.3. The predicted octanol–water partition coefficient (Wildman–Crippen LogP) is 2.44. The van der Waals surface area contributed by atoms with Gasteiger partial charge in [0.2, 0.25) is 0 Å². The van der Waals surface area contributed by atoms with Crippen LogP contribution >= 0.6 is 0 Å². The summed E-state index contributed by atoms with van der Waals surface area (Å²) >= 11 is 0. The standard InChI is InChI=1S/C12H14O/c1-9-5-6-11-8-12(13)4-2-3-10(11)7-9/h5-7H,2-4,8H2,1H3. The van der Waals surface area contributed by atoms with Gasteiger partial charge in [-0.3, -0.25) is 4.79 Å². The molecule has 0 aromatic heterocycles. The highest BCUT2D eigenvalue weighted by Crippen LogP contribution is 2.19. The zero-order valence-corrected chi connectivity index (χ0v) is 7.97. The third-order valence-electron chi connectivity index (χ3n) is 2.65. The van der Waals surface area contributed by atoms with E-state index in [9.17, 15) is 4.79 Å². The lowest BCUT2D eigenvalue weighted by molar-refractivity contribution is -0.118. The highest BCUT2D eigenvalue weighted by atomic mass is 16.1. The van der Waals surface area contributed by atoms with Gasteiger partial charge in [-0.05, 0) is 30.9 Å². The Morgan fingerprint density at radius 1 is 1.15 bits per heavy atom. The van der Waals surface area contributed by atoms with Gasteiger partial charge < -0.3 is 0 Å². The molecule has 1 heteroatoms. The summed E-state index contributed by atoms with van der Waals surface area (Å²) in [6, 6.07) is 6.42. The van der Waals surface area contributed by atoms with Gasteiger partial charge in [-0.25, -0.2) is 0 Å². The van der Waals surface area contributed by atoms with E-state index in [0.717, 1.165) is 19.3 Å². The van der Waals surface area contributed by atoms with Gasteiger partial charge in [0, 0.05) is 12.8 Å². The number of ketones is 1. The van der Waals surface area contributed by atoms with E-state index in [-0.39, 0.29) is 0 Å². The van der Waals surface area contributed by atoms with Crippen molar-refractivity contribution in [1.82, 2.24) is 0 Å². The van der Waals surface area contributed by atoms with Crippen LogP contribution in [-0.4, -0.2) is 5.78 Å². The van der Waals surface area contributed by atoms with Crippen molar-refractivity contribution in [3.8, 4) is 0 Å². The molecule has 0 N–H and O–H groups in total. The second kappa shape index (κ2) is 3.33. The fourth-order valence-electron chi connectivity index (χ4n) is 1.94. The lowest BCUT2D eigenvalue weighted by atomic mass is 10.0. The number of Topliss-reactive ketones (excluding diaryl/α,β-unsaturated/α-hetero) is 1. The Morgan fingerprint density at radius 2 is 2.00 bits per heavy atom. The zero-order chi connectivity index (χ0) is 9.26. The molecule has 1 aliphatic carbocycles. The molecular weight excluding hydrogens is 160 g/mol. The van der Waals surface area contributed by atoms with Gasteiger partial charge in [0.15, 0.2) is 0 Å². The molecule has 0 unspecified atom stereocenters. The molecule has 0 amide bonds. The first-order chi connectivity index (χ1) is 6.25. The van der Waals surface area contributed by atoms with Gasteiger partial charge in [-0.15, -0.1) is 0 Å². The Labute approximate surface area is 78.8 Å². The molecule has 68 valence electrons. The molecule has 0 fully saturated rings. The van der Waals surface area contributed by atoms with Crippen LogP contribution in [0.5, 0.6) is 0 Å². The normalized spacial score (nSPS) is 16.5. The van der Waals surface area contributed by atoms with Gasteiger partial charge in [-0.2, -0.15) is 0 Å². The van der Waals surface area contributed by atoms with Gasteiger partial charge in [0.1, 0.15) is 5.78 Å². The number of carbonyl (C=O) groups is 1. The van der Waals surface area contributed by atoms with Crippen molar-refractivity contribution < 1.29 is 4.79 Å². The Bertz CT molecular complexity index is 339. The number of hydrogen-bond donors (Lipinski definition) is 0. The number of benzene rings is 1. The molecule has 13 heavy (non-hydrogen) atoms. The smallest absolute Gasteiger partial charge is 0.137 e. The van der Waals surface area contributed by atoms with Crippen molar-refractivity contribution in [2.75, 3.05) is 0 Å². The highest BCUT2D eigenvalue weighted by Gasteiger charge is 2.12. The molecular formula is C12H14O. The zero-order valence-electron chi connectivity index (χ0n) is 7.97. The number of rotatable bonds is 0. The lowest BCUT2D eigenvalue weighted by Crippen LogP contribution is -1.99. The maximum Gasteiger partial charge on any atom is 0.137 e. The number of aryl methyl sites for hydroxylation is 2. The van der Waals surface area contributed by atoms with Gasteiger partial charge >= 0.3 is 0 Å². The molecule has 0 spiro atoms. The van der Waals surface area contributed by atoms with Crippen LogP contribution in [0.2, 0.25) is 0 Å². The summed E-state index contributed by atoms with van der Waals surface area (Å²) < 4.78 is 0. The van der Waals surface area contributed by atoms with Crippen molar-refractivity contribution in [3.05, 3.63) is 34.9 Å². The van der Waals surface area contributed by atoms with Crippen LogP contribution in [0.4, 0.5) is 0 Å². The van der Waals surface area contributed by atoms with Crippen LogP contribution in [0.3, 0.4) is 0 Å². The van der Waals surface area contributed by atoms with E-state index < -0.39 is 0 Å². The fraction of sp³-hybridized carbons (Fsp3) is 0.417. The van der Waals surface area contributed by atoms with Crippen molar-refractivity contribution in [2.45, 2.75) is 32.6 Å². The van der Waals surface area contributed by atoms with Crippen LogP contribution in [0.15, 0.2) is 18.2 Å². The summed E-state index contributed by atoms with van der Waals surface area (Å²) in [5.41, 5.74) is 3.92. The summed E-state index contributed by atoms with van der Waals surface area (Å²) in [6.07, 6.45) is 3.50. The molecule has 1 aromatic rings. The number of fused-ring (bicyclic) bond motifs is 1. The van der Waals surface area contributed by atoms with Crippen LogP contribution < -0.4 is 0 Å². The SMILES string of the molecule is Cc1ccc2c(c1)CCCC(=O)C2. The van der Waals surface area contributed by atoms with E-state index in [1.165, 1.54) is 16.7 Å². The molecule has 1 nitrogen and oxygen atoms in total. The van der Waals surface area contributed by atoms with Crippen molar-refractivity contribution in [2.24, 2.45) is 0 Å². The first-order valence-corrected chi connectivity index (χ1v) is 4.86. The summed E-state index contributed by atoms with van der Waals surface area (Å²) in [4.78, 5) is 11.3. The molecule has 2 rings (SSSR count). The first-order valence-electron chi connectivity index (χ1n) is 4.86. The molecule has 0 bridgehead atoms. The van der Waals surface area contributed by atoms with E-state index in [1.807, 2.05) is 0 Å². The molecule has 0 atom stereocenters. The third kappa shape index (κ3) is 1.80. The van der Waals surface area contributed by atoms with Crippen LogP contribution in [-0.2, 0) is 17.6 Å². The topological polar surface area (TPSA) is 17.1 Å². The van der Waals surface area contributed by atoms with Crippen LogP contribution in [0, 0.1) is 6.92 Å². The van der Waals surface area contributed by atoms with Crippen molar-refractivity contribution >= 4 is 5.78 Å². The van der Waals surface area contributed by atoms with Gasteiger partial charge in [-0.1, -0.05) is 23.8 Å². The van der Waals surface area contributed by atoms with E-state index in [4.69, 9.17) is 0 Å². The summed E-state index contributed by atoms with van der Waals surface area (Å²) in [7, 11) is 0. The molecule has 0 saturated carbocycles. The molecule has 0 radical (unpaired) electrons. The minimum absolute atomic E-state index is 0.391. The Balaban J connectivity index is 2.40. The van der Waals surface area contributed by atoms with Crippen LogP contribution in [0.1, 0.15) is 29.5 Å². The molecule has 0 aliphatic heterocycles. The number of carbonyl (C=O) groups excluding carboxylic acids is 1. The van der Waals surface area contributed by atoms with E-state index >= 15 is 0 Å². The quantitative estimate of drug-likeness (QED) is 0.552. The summed E-state index contributed by atoms with van der Waals surface area (Å²) in [6.45, 7) is 2.10. The summed E-state index contributed by atoms with van der Waals surface area (Å²) in [5, 5.41) is 0. The van der Waals surface area contributed by atoms with E-state index in [0.29, 0.717) is 12.2 Å². The highest BCUT2D eigenvalue weighted by molar-refractivity contribution is 5.81. The molecule has 0 heterocycles. The third-order valence-corrected chi connectivity index (χ3v) is 2.65. The molecule has 0 saturated heterocycles. The van der Waals surface area contributed by atoms with Crippen LogP contribution in [0.25, 0.3) is 0 Å². The van der Waals surface area contributed by atoms with E-state index in [1.54, 1.807) is 0 Å². The Kier molecular flexibility index (Phi) is 2.17. The lowest BCUT2D eigenvalue weighted by Gasteiger charge is -2.04. The second-order valence-electron chi connectivity index (χ2n) is 3.84. The number of hydrogen-bond acceptors (Lipinski definition) is 1. The Hall–Kier alpha value is -1.11. The largest absolute Gasteiger partial charge is 0.299 e. The Morgan fingerprint density at radius 3 is 2.85 bits per heavy atom. The second-order valence-corrected chi connectivity index (χ2v) is 3.84. The monoisotopic (exact) mass is 174 g/mol. The summed E-state index contributed by atoms with van der Waals surface area (Å²) in [5.74, 6) is 0.391.